The van der Waals surface area contributed by atoms with E-state index in [0.717, 1.165) is 19.3 Å². The van der Waals surface area contributed by atoms with Crippen LogP contribution in [0.4, 0.5) is 0 Å². The topological polar surface area (TPSA) is 75.3 Å². The maximum absolute atomic E-state index is 12.7. The van der Waals surface area contributed by atoms with Crippen LogP contribution in [0.15, 0.2) is 0 Å². The van der Waals surface area contributed by atoms with Crippen LogP contribution in [0.5, 0.6) is 0 Å². The molecule has 2 atom stereocenters. The third-order valence-corrected chi connectivity index (χ3v) is 4.99. The molecule has 1 aliphatic carbocycles. The Kier molecular flexibility index (Phi) is 6.02. The predicted molar refractivity (Wildman–Crippen MR) is 82.3 cm³/mol. The van der Waals surface area contributed by atoms with E-state index in [9.17, 15) is 9.90 Å². The fourth-order valence-electron chi connectivity index (χ4n) is 3.05. The first-order chi connectivity index (χ1) is 9.27. The molecule has 0 aliphatic heterocycles. The number of aliphatic hydroxyl groups excluding tert-OH is 1. The summed E-state index contributed by atoms with van der Waals surface area (Å²) in [6.07, 6.45) is 6.72. The van der Waals surface area contributed by atoms with Crippen LogP contribution in [-0.4, -0.2) is 29.2 Å². The summed E-state index contributed by atoms with van der Waals surface area (Å²) in [7, 11) is 0. The molecule has 2 unspecified atom stereocenters. The molecule has 1 saturated carbocycles. The minimum Gasteiger partial charge on any atom is -0.394 e. The second-order valence-corrected chi connectivity index (χ2v) is 7.19. The van der Waals surface area contributed by atoms with Gasteiger partial charge < -0.3 is 16.2 Å². The molecule has 1 rings (SSSR count). The van der Waals surface area contributed by atoms with E-state index in [1.54, 1.807) is 0 Å². The van der Waals surface area contributed by atoms with Crippen LogP contribution in [0.1, 0.15) is 66.2 Å². The first kappa shape index (κ1) is 17.4. The average molecular weight is 284 g/mol. The van der Waals surface area contributed by atoms with Crippen molar-refractivity contribution in [3.8, 4) is 0 Å². The number of rotatable bonds is 6. The summed E-state index contributed by atoms with van der Waals surface area (Å²) in [5, 5.41) is 12.3. The summed E-state index contributed by atoms with van der Waals surface area (Å²) in [5.74, 6) is 0.411. The monoisotopic (exact) mass is 284 g/mol. The van der Waals surface area contributed by atoms with Gasteiger partial charge in [0.1, 0.15) is 0 Å². The van der Waals surface area contributed by atoms with E-state index in [1.807, 2.05) is 27.7 Å². The van der Waals surface area contributed by atoms with Crippen LogP contribution in [0.25, 0.3) is 0 Å². The van der Waals surface area contributed by atoms with Gasteiger partial charge in [-0.25, -0.2) is 0 Å². The molecule has 0 saturated heterocycles. The molecule has 118 valence electrons. The van der Waals surface area contributed by atoms with Crippen molar-refractivity contribution in [2.75, 3.05) is 6.61 Å². The highest BCUT2D eigenvalue weighted by Crippen LogP contribution is 2.36. The Balaban J connectivity index is 2.80. The Morgan fingerprint density at radius 3 is 2.30 bits per heavy atom. The summed E-state index contributed by atoms with van der Waals surface area (Å²) in [4.78, 5) is 12.7. The van der Waals surface area contributed by atoms with Crippen LogP contribution in [0.3, 0.4) is 0 Å². The maximum atomic E-state index is 12.7. The fourth-order valence-corrected chi connectivity index (χ4v) is 3.05. The van der Waals surface area contributed by atoms with E-state index in [2.05, 4.69) is 5.32 Å². The van der Waals surface area contributed by atoms with Crippen molar-refractivity contribution in [2.24, 2.45) is 17.1 Å². The molecule has 1 aliphatic rings. The first-order valence-electron chi connectivity index (χ1n) is 7.96. The van der Waals surface area contributed by atoms with E-state index >= 15 is 0 Å². The highest BCUT2D eigenvalue weighted by atomic mass is 16.3. The van der Waals surface area contributed by atoms with Crippen molar-refractivity contribution >= 4 is 5.91 Å². The number of amides is 1. The second-order valence-electron chi connectivity index (χ2n) is 7.19. The lowest BCUT2D eigenvalue weighted by Gasteiger charge is -2.41. The van der Waals surface area contributed by atoms with Gasteiger partial charge in [0, 0.05) is 6.04 Å². The van der Waals surface area contributed by atoms with Crippen molar-refractivity contribution < 1.29 is 9.90 Å². The van der Waals surface area contributed by atoms with Crippen molar-refractivity contribution in [1.29, 1.82) is 0 Å². The van der Waals surface area contributed by atoms with Crippen LogP contribution >= 0.6 is 0 Å². The van der Waals surface area contributed by atoms with Gasteiger partial charge in [-0.1, -0.05) is 26.2 Å². The number of nitrogens with two attached hydrogens (primary N) is 1. The molecule has 4 N–H and O–H groups in total. The predicted octanol–water partition coefficient (Wildman–Crippen LogP) is 2.20. The molecule has 20 heavy (non-hydrogen) atoms. The van der Waals surface area contributed by atoms with Gasteiger partial charge in [0.2, 0.25) is 5.91 Å². The Labute approximate surface area is 123 Å². The molecule has 0 spiro atoms. The minimum atomic E-state index is -0.597. The van der Waals surface area contributed by atoms with Gasteiger partial charge in [0.15, 0.2) is 0 Å². The summed E-state index contributed by atoms with van der Waals surface area (Å²) in [5.41, 5.74) is 5.32. The summed E-state index contributed by atoms with van der Waals surface area (Å²) >= 11 is 0. The Bertz CT molecular complexity index is 324. The molecule has 0 aromatic heterocycles. The van der Waals surface area contributed by atoms with Gasteiger partial charge in [-0.05, 0) is 46.0 Å². The summed E-state index contributed by atoms with van der Waals surface area (Å²) < 4.78 is 0. The molecular weight excluding hydrogens is 252 g/mol. The SMILES string of the molecule is CCC(C)(C(=O)NC(C)(C)CO)C(N)C1CCCCC1. The summed E-state index contributed by atoms with van der Waals surface area (Å²) in [6.45, 7) is 7.57. The number of hydrogen-bond acceptors (Lipinski definition) is 3. The minimum absolute atomic E-state index is 0.0304. The number of aliphatic hydroxyl groups is 1. The van der Waals surface area contributed by atoms with Crippen LogP contribution in [-0.2, 0) is 4.79 Å². The van der Waals surface area contributed by atoms with Crippen molar-refractivity contribution in [3.63, 3.8) is 0 Å². The zero-order valence-electron chi connectivity index (χ0n) is 13.5. The zero-order valence-corrected chi connectivity index (χ0v) is 13.5. The van der Waals surface area contributed by atoms with E-state index in [4.69, 9.17) is 5.73 Å². The van der Waals surface area contributed by atoms with Gasteiger partial charge in [0.25, 0.3) is 0 Å². The first-order valence-corrected chi connectivity index (χ1v) is 7.96. The number of nitrogens with one attached hydrogen (secondary N) is 1. The van der Waals surface area contributed by atoms with Crippen LogP contribution in [0.2, 0.25) is 0 Å². The number of hydrogen-bond donors (Lipinski definition) is 3. The van der Waals surface area contributed by atoms with Gasteiger partial charge in [0.05, 0.1) is 17.6 Å². The maximum Gasteiger partial charge on any atom is 0.227 e. The molecule has 0 aromatic rings. The smallest absolute Gasteiger partial charge is 0.227 e. The summed E-state index contributed by atoms with van der Waals surface area (Å²) in [6, 6.07) is -0.109. The fraction of sp³-hybridized carbons (Fsp3) is 0.938. The molecule has 4 nitrogen and oxygen atoms in total. The molecule has 1 amide bonds. The molecule has 0 bridgehead atoms. The lowest BCUT2D eigenvalue weighted by atomic mass is 9.69. The largest absolute Gasteiger partial charge is 0.394 e. The quantitative estimate of drug-likeness (QED) is 0.700. The lowest BCUT2D eigenvalue weighted by Crippen LogP contribution is -2.58. The van der Waals surface area contributed by atoms with Crippen molar-refractivity contribution in [1.82, 2.24) is 5.32 Å². The third kappa shape index (κ3) is 3.95. The zero-order chi connectivity index (χ0) is 15.4. The Hall–Kier alpha value is -0.610. The van der Waals surface area contributed by atoms with Gasteiger partial charge in [-0.2, -0.15) is 0 Å². The van der Waals surface area contributed by atoms with E-state index < -0.39 is 11.0 Å². The third-order valence-electron chi connectivity index (χ3n) is 4.99. The highest BCUT2D eigenvalue weighted by Gasteiger charge is 2.43. The van der Waals surface area contributed by atoms with Gasteiger partial charge in [-0.15, -0.1) is 0 Å². The Morgan fingerprint density at radius 2 is 1.85 bits per heavy atom. The van der Waals surface area contributed by atoms with Crippen molar-refractivity contribution in [2.45, 2.75) is 77.8 Å². The van der Waals surface area contributed by atoms with Crippen molar-refractivity contribution in [3.05, 3.63) is 0 Å². The van der Waals surface area contributed by atoms with Crippen LogP contribution in [0, 0.1) is 11.3 Å². The Morgan fingerprint density at radius 1 is 1.30 bits per heavy atom. The van der Waals surface area contributed by atoms with Gasteiger partial charge >= 0.3 is 0 Å². The van der Waals surface area contributed by atoms with Crippen LogP contribution < -0.4 is 11.1 Å². The molecule has 4 heteroatoms. The van der Waals surface area contributed by atoms with E-state index in [1.165, 1.54) is 19.3 Å². The number of carbonyl (C=O) groups excluding carboxylic acids is 1. The van der Waals surface area contributed by atoms with E-state index in [-0.39, 0.29) is 18.6 Å². The normalized spacial score (nSPS) is 22.1. The van der Waals surface area contributed by atoms with Gasteiger partial charge in [-0.3, -0.25) is 4.79 Å². The van der Waals surface area contributed by atoms with E-state index in [0.29, 0.717) is 5.92 Å². The molecular formula is C16H32N2O2. The number of carbonyl (C=O) groups is 1. The molecule has 0 radical (unpaired) electrons. The molecule has 0 heterocycles. The standard InChI is InChI=1S/C16H32N2O2/c1-5-16(4,14(20)18-15(2,3)11-19)13(17)12-9-7-6-8-10-12/h12-13,19H,5-11,17H2,1-4H3,(H,18,20). The molecule has 1 fully saturated rings. The average Bonchev–Trinajstić information content (AvgIpc) is 2.46. The highest BCUT2D eigenvalue weighted by molar-refractivity contribution is 5.83. The lowest BCUT2D eigenvalue weighted by molar-refractivity contribution is -0.134. The molecule has 0 aromatic carbocycles. The second kappa shape index (κ2) is 6.90.